The third kappa shape index (κ3) is 3.36. The summed E-state index contributed by atoms with van der Waals surface area (Å²) in [5, 5.41) is 17.6. The minimum Gasteiger partial charge on any atom is -0.496 e. The largest absolute Gasteiger partial charge is 0.496 e. The fourth-order valence-electron chi connectivity index (χ4n) is 2.09. The SMILES string of the molecule is COc1ccc(C2=NN=C(SCC(=O)O)C2)c(OC)c1C. The number of aliphatic carboxylic acids is 1. The number of carboxylic acid groups (broad SMARTS) is 1. The van der Waals surface area contributed by atoms with E-state index < -0.39 is 5.97 Å². The van der Waals surface area contributed by atoms with Crippen molar-refractivity contribution >= 4 is 28.5 Å². The predicted molar refractivity (Wildman–Crippen MR) is 83.0 cm³/mol. The van der Waals surface area contributed by atoms with Gasteiger partial charge in [-0.3, -0.25) is 4.79 Å². The molecule has 112 valence electrons. The molecule has 1 aliphatic rings. The Morgan fingerprint density at radius 2 is 2.10 bits per heavy atom. The van der Waals surface area contributed by atoms with Gasteiger partial charge in [0.1, 0.15) is 16.5 Å². The molecule has 0 bridgehead atoms. The molecule has 6 nitrogen and oxygen atoms in total. The van der Waals surface area contributed by atoms with E-state index in [1.54, 1.807) is 14.2 Å². The second kappa shape index (κ2) is 6.62. The summed E-state index contributed by atoms with van der Waals surface area (Å²) in [6, 6.07) is 3.74. The van der Waals surface area contributed by atoms with Crippen molar-refractivity contribution in [3.05, 3.63) is 23.3 Å². The maximum Gasteiger partial charge on any atom is 0.313 e. The Labute approximate surface area is 126 Å². The van der Waals surface area contributed by atoms with Crippen molar-refractivity contribution in [1.82, 2.24) is 0 Å². The Balaban J connectivity index is 2.18. The fraction of sp³-hybridized carbons (Fsp3) is 0.357. The lowest BCUT2D eigenvalue weighted by molar-refractivity contribution is -0.133. The lowest BCUT2D eigenvalue weighted by atomic mass is 10.0. The van der Waals surface area contributed by atoms with E-state index in [4.69, 9.17) is 14.6 Å². The van der Waals surface area contributed by atoms with Crippen LogP contribution in [0.5, 0.6) is 11.5 Å². The van der Waals surface area contributed by atoms with Gasteiger partial charge < -0.3 is 14.6 Å². The van der Waals surface area contributed by atoms with E-state index >= 15 is 0 Å². The van der Waals surface area contributed by atoms with Crippen LogP contribution in [0.25, 0.3) is 0 Å². The minimum atomic E-state index is -0.867. The van der Waals surface area contributed by atoms with E-state index in [0.717, 1.165) is 22.6 Å². The van der Waals surface area contributed by atoms with Gasteiger partial charge in [-0.1, -0.05) is 11.8 Å². The van der Waals surface area contributed by atoms with E-state index in [2.05, 4.69) is 10.2 Å². The van der Waals surface area contributed by atoms with Crippen LogP contribution < -0.4 is 9.47 Å². The summed E-state index contributed by atoms with van der Waals surface area (Å²) in [6.45, 7) is 1.91. The molecule has 0 aromatic heterocycles. The lowest BCUT2D eigenvalue weighted by Gasteiger charge is -2.14. The van der Waals surface area contributed by atoms with Crippen molar-refractivity contribution < 1.29 is 19.4 Å². The van der Waals surface area contributed by atoms with Crippen LogP contribution in [-0.4, -0.2) is 41.8 Å². The molecule has 0 unspecified atom stereocenters. The summed E-state index contributed by atoms with van der Waals surface area (Å²) < 4.78 is 10.7. The van der Waals surface area contributed by atoms with Crippen molar-refractivity contribution in [3.63, 3.8) is 0 Å². The van der Waals surface area contributed by atoms with Gasteiger partial charge in [0.15, 0.2) is 0 Å². The average molecular weight is 308 g/mol. The highest BCUT2D eigenvalue weighted by molar-refractivity contribution is 8.14. The van der Waals surface area contributed by atoms with E-state index in [9.17, 15) is 4.79 Å². The highest BCUT2D eigenvalue weighted by Crippen LogP contribution is 2.33. The normalized spacial score (nSPS) is 13.7. The van der Waals surface area contributed by atoms with E-state index in [1.807, 2.05) is 19.1 Å². The van der Waals surface area contributed by atoms with Gasteiger partial charge in [0, 0.05) is 17.5 Å². The third-order valence-corrected chi connectivity index (χ3v) is 4.00. The number of benzene rings is 1. The first-order chi connectivity index (χ1) is 10.1. The van der Waals surface area contributed by atoms with Crippen LogP contribution in [0.2, 0.25) is 0 Å². The van der Waals surface area contributed by atoms with Crippen LogP contribution in [-0.2, 0) is 4.79 Å². The molecule has 0 saturated carbocycles. The maximum atomic E-state index is 10.6. The molecule has 1 aromatic carbocycles. The Morgan fingerprint density at radius 1 is 1.33 bits per heavy atom. The van der Waals surface area contributed by atoms with Gasteiger partial charge in [0.2, 0.25) is 0 Å². The zero-order valence-corrected chi connectivity index (χ0v) is 12.9. The van der Waals surface area contributed by atoms with Gasteiger partial charge >= 0.3 is 5.97 Å². The van der Waals surface area contributed by atoms with Gasteiger partial charge in [-0.2, -0.15) is 5.10 Å². The molecule has 2 rings (SSSR count). The van der Waals surface area contributed by atoms with Crippen LogP contribution >= 0.6 is 11.8 Å². The Kier molecular flexibility index (Phi) is 4.85. The van der Waals surface area contributed by atoms with E-state index in [1.165, 1.54) is 11.8 Å². The molecule has 0 atom stereocenters. The second-order valence-corrected chi connectivity index (χ2v) is 5.42. The molecule has 0 amide bonds. The molecule has 0 aliphatic carbocycles. The predicted octanol–water partition coefficient (Wildman–Crippen LogP) is 2.34. The highest BCUT2D eigenvalue weighted by atomic mass is 32.2. The number of hydrogen-bond donors (Lipinski definition) is 1. The summed E-state index contributed by atoms with van der Waals surface area (Å²) >= 11 is 1.19. The average Bonchev–Trinajstić information content (AvgIpc) is 2.93. The first-order valence-electron chi connectivity index (χ1n) is 6.26. The van der Waals surface area contributed by atoms with Crippen LogP contribution in [0.1, 0.15) is 17.5 Å². The number of rotatable bonds is 5. The molecule has 1 aromatic rings. The quantitative estimate of drug-likeness (QED) is 0.903. The maximum absolute atomic E-state index is 10.6. The van der Waals surface area contributed by atoms with Crippen molar-refractivity contribution in [1.29, 1.82) is 0 Å². The number of carbonyl (C=O) groups is 1. The Bertz CT molecular complexity index is 626. The molecule has 0 saturated heterocycles. The second-order valence-electron chi connectivity index (χ2n) is 4.37. The van der Waals surface area contributed by atoms with Crippen LogP contribution in [0.15, 0.2) is 22.3 Å². The number of hydrogen-bond acceptors (Lipinski definition) is 6. The summed E-state index contributed by atoms with van der Waals surface area (Å²) in [4.78, 5) is 10.6. The molecule has 0 radical (unpaired) electrons. The molecule has 1 heterocycles. The molecule has 21 heavy (non-hydrogen) atoms. The summed E-state index contributed by atoms with van der Waals surface area (Å²) in [5.74, 6) is 0.567. The molecular weight excluding hydrogens is 292 g/mol. The van der Waals surface area contributed by atoms with Crippen molar-refractivity contribution in [2.75, 3.05) is 20.0 Å². The standard InChI is InChI=1S/C14H16N2O4S/c1-8-11(19-2)5-4-9(14(8)20-3)10-6-12(16-15-10)21-7-13(17)18/h4-5H,6-7H2,1-3H3,(H,17,18). The first kappa shape index (κ1) is 15.4. The number of methoxy groups -OCH3 is 2. The topological polar surface area (TPSA) is 80.5 Å². The monoisotopic (exact) mass is 308 g/mol. The highest BCUT2D eigenvalue weighted by Gasteiger charge is 2.21. The van der Waals surface area contributed by atoms with E-state index in [0.29, 0.717) is 17.2 Å². The van der Waals surface area contributed by atoms with Gasteiger partial charge in [0.05, 0.1) is 25.7 Å². The van der Waals surface area contributed by atoms with Crippen molar-refractivity contribution in [3.8, 4) is 11.5 Å². The van der Waals surface area contributed by atoms with Gasteiger partial charge in [-0.15, -0.1) is 5.10 Å². The molecule has 1 aliphatic heterocycles. The van der Waals surface area contributed by atoms with Crippen LogP contribution in [0, 0.1) is 6.92 Å². The van der Waals surface area contributed by atoms with Crippen LogP contribution in [0.4, 0.5) is 0 Å². The molecule has 1 N–H and O–H groups in total. The van der Waals surface area contributed by atoms with Crippen molar-refractivity contribution in [2.45, 2.75) is 13.3 Å². The summed E-state index contributed by atoms with van der Waals surface area (Å²) in [6.07, 6.45) is 0.514. The fourth-order valence-corrected chi connectivity index (χ4v) is 2.72. The first-order valence-corrected chi connectivity index (χ1v) is 7.25. The summed E-state index contributed by atoms with van der Waals surface area (Å²) in [7, 11) is 3.21. The molecule has 0 spiro atoms. The Morgan fingerprint density at radius 3 is 2.71 bits per heavy atom. The van der Waals surface area contributed by atoms with Gasteiger partial charge in [-0.25, -0.2) is 0 Å². The van der Waals surface area contributed by atoms with Crippen molar-refractivity contribution in [2.24, 2.45) is 10.2 Å². The zero-order valence-electron chi connectivity index (χ0n) is 12.0. The number of nitrogens with zero attached hydrogens (tertiary/aromatic N) is 2. The van der Waals surface area contributed by atoms with E-state index in [-0.39, 0.29) is 5.75 Å². The van der Waals surface area contributed by atoms with Gasteiger partial charge in [0.25, 0.3) is 0 Å². The number of thioether (sulfide) groups is 1. The molecule has 0 fully saturated rings. The number of ether oxygens (including phenoxy) is 2. The zero-order chi connectivity index (χ0) is 15.4. The Hall–Kier alpha value is -2.02. The molecule has 7 heteroatoms. The smallest absolute Gasteiger partial charge is 0.313 e. The number of carboxylic acids is 1. The van der Waals surface area contributed by atoms with Gasteiger partial charge in [-0.05, 0) is 19.1 Å². The summed E-state index contributed by atoms with van der Waals surface area (Å²) in [5.41, 5.74) is 2.52. The lowest BCUT2D eigenvalue weighted by Crippen LogP contribution is -2.07. The molecular formula is C14H16N2O4S. The minimum absolute atomic E-state index is 0.0135. The third-order valence-electron chi connectivity index (χ3n) is 3.05. The van der Waals surface area contributed by atoms with Crippen LogP contribution in [0.3, 0.4) is 0 Å².